The average molecular weight is 315 g/mol. The second kappa shape index (κ2) is 5.34. The van der Waals surface area contributed by atoms with Crippen LogP contribution in [0.15, 0.2) is 24.3 Å². The molecule has 1 amide bonds. The monoisotopic (exact) mass is 315 g/mol. The molecule has 2 heterocycles. The van der Waals surface area contributed by atoms with Crippen LogP contribution in [0, 0.1) is 17.3 Å². The summed E-state index contributed by atoms with van der Waals surface area (Å²) in [7, 11) is 0. The minimum Gasteiger partial charge on any atom is -0.481 e. The Morgan fingerprint density at radius 1 is 1.22 bits per heavy atom. The third-order valence-electron chi connectivity index (χ3n) is 5.80. The summed E-state index contributed by atoms with van der Waals surface area (Å²) in [6, 6.07) is 8.18. The van der Waals surface area contributed by atoms with Gasteiger partial charge in [0.05, 0.1) is 6.61 Å². The van der Waals surface area contributed by atoms with Gasteiger partial charge in [-0.1, -0.05) is 24.3 Å². The molecule has 0 unspecified atom stereocenters. The normalized spacial score (nSPS) is 30.1. The van der Waals surface area contributed by atoms with Gasteiger partial charge in [0.2, 0.25) is 5.91 Å². The summed E-state index contributed by atoms with van der Waals surface area (Å²) in [5.41, 5.74) is 1.59. The minimum absolute atomic E-state index is 0.0153. The predicted molar refractivity (Wildman–Crippen MR) is 82.9 cm³/mol. The Bertz CT molecular complexity index is 633. The molecule has 0 bridgehead atoms. The van der Waals surface area contributed by atoms with Gasteiger partial charge < -0.3 is 14.7 Å². The molecule has 2 fully saturated rings. The topological polar surface area (TPSA) is 66.8 Å². The Hall–Kier alpha value is -1.88. The molecule has 0 radical (unpaired) electrons. The highest BCUT2D eigenvalue weighted by molar-refractivity contribution is 5.83. The second-order valence-corrected chi connectivity index (χ2v) is 7.09. The average Bonchev–Trinajstić information content (AvgIpc) is 3.16. The van der Waals surface area contributed by atoms with Crippen molar-refractivity contribution in [1.82, 2.24) is 4.90 Å². The maximum Gasteiger partial charge on any atom is 0.314 e. The van der Waals surface area contributed by atoms with E-state index in [1.54, 1.807) is 4.90 Å². The molecule has 5 heteroatoms. The number of ether oxygens (including phenoxy) is 1. The maximum atomic E-state index is 12.9. The van der Waals surface area contributed by atoms with E-state index in [4.69, 9.17) is 4.74 Å². The Morgan fingerprint density at radius 3 is 2.52 bits per heavy atom. The van der Waals surface area contributed by atoms with Crippen molar-refractivity contribution in [3.8, 4) is 0 Å². The van der Waals surface area contributed by atoms with E-state index in [1.165, 1.54) is 11.1 Å². The third-order valence-corrected chi connectivity index (χ3v) is 5.80. The summed E-state index contributed by atoms with van der Waals surface area (Å²) in [6.45, 7) is 1.66. The number of carboxylic acids is 1. The molecule has 3 aliphatic rings. The van der Waals surface area contributed by atoms with E-state index in [9.17, 15) is 14.7 Å². The fourth-order valence-electron chi connectivity index (χ4n) is 4.45. The van der Waals surface area contributed by atoms with E-state index in [1.807, 2.05) is 12.1 Å². The quantitative estimate of drug-likeness (QED) is 0.894. The minimum atomic E-state index is -0.903. The maximum absolute atomic E-state index is 12.9. The molecule has 2 aliphatic heterocycles. The molecule has 1 aliphatic carbocycles. The molecule has 0 spiro atoms. The van der Waals surface area contributed by atoms with Crippen LogP contribution in [0.3, 0.4) is 0 Å². The standard InChI is InChI=1S/C18H21NO4/c20-16(14-7-12-3-1-2-4-13(12)8-14)19-9-15-5-6-23-11-18(15,10-19)17(21)22/h1-4,14-15H,5-11H2,(H,21,22)/t15-,18+/m0/s1. The van der Waals surface area contributed by atoms with Gasteiger partial charge in [0.15, 0.2) is 0 Å². The molecule has 122 valence electrons. The number of likely N-dealkylation sites (tertiary alicyclic amines) is 1. The fourth-order valence-corrected chi connectivity index (χ4v) is 4.45. The summed E-state index contributed by atoms with van der Waals surface area (Å²) in [6.07, 6.45) is 2.26. The highest BCUT2D eigenvalue weighted by Gasteiger charge is 2.55. The smallest absolute Gasteiger partial charge is 0.314 e. The number of fused-ring (bicyclic) bond motifs is 2. The number of carbonyl (C=O) groups excluding carboxylic acids is 1. The van der Waals surface area contributed by atoms with E-state index in [0.29, 0.717) is 19.7 Å². The predicted octanol–water partition coefficient (Wildman–Crippen LogP) is 1.35. The van der Waals surface area contributed by atoms with E-state index in [2.05, 4.69) is 12.1 Å². The van der Waals surface area contributed by atoms with E-state index in [-0.39, 0.29) is 24.3 Å². The van der Waals surface area contributed by atoms with E-state index < -0.39 is 11.4 Å². The van der Waals surface area contributed by atoms with Crippen LogP contribution in [0.25, 0.3) is 0 Å². The van der Waals surface area contributed by atoms with Crippen molar-refractivity contribution in [2.75, 3.05) is 26.3 Å². The number of nitrogens with zero attached hydrogens (tertiary/aromatic N) is 1. The van der Waals surface area contributed by atoms with Crippen molar-refractivity contribution in [2.24, 2.45) is 17.3 Å². The summed E-state index contributed by atoms with van der Waals surface area (Å²) in [5.74, 6) is -0.746. The lowest BCUT2D eigenvalue weighted by molar-refractivity contribution is -0.160. The first-order valence-electron chi connectivity index (χ1n) is 8.27. The van der Waals surface area contributed by atoms with Crippen molar-refractivity contribution in [3.63, 3.8) is 0 Å². The van der Waals surface area contributed by atoms with Gasteiger partial charge >= 0.3 is 5.97 Å². The molecule has 23 heavy (non-hydrogen) atoms. The molecular formula is C18H21NO4. The van der Waals surface area contributed by atoms with Crippen LogP contribution in [0.2, 0.25) is 0 Å². The molecule has 1 N–H and O–H groups in total. The van der Waals surface area contributed by atoms with Gasteiger partial charge in [-0.05, 0) is 36.3 Å². The molecular weight excluding hydrogens is 294 g/mol. The van der Waals surface area contributed by atoms with Gasteiger partial charge in [-0.3, -0.25) is 9.59 Å². The lowest BCUT2D eigenvalue weighted by Gasteiger charge is -2.33. The number of rotatable bonds is 2. The van der Waals surface area contributed by atoms with Crippen molar-refractivity contribution in [3.05, 3.63) is 35.4 Å². The molecule has 5 nitrogen and oxygen atoms in total. The summed E-state index contributed by atoms with van der Waals surface area (Å²) < 4.78 is 5.43. The van der Waals surface area contributed by atoms with Gasteiger partial charge in [0, 0.05) is 25.6 Å². The first-order chi connectivity index (χ1) is 11.1. The van der Waals surface area contributed by atoms with Crippen LogP contribution in [0.5, 0.6) is 0 Å². The summed E-state index contributed by atoms with van der Waals surface area (Å²) in [4.78, 5) is 26.5. The van der Waals surface area contributed by atoms with Gasteiger partial charge in [0.1, 0.15) is 5.41 Å². The number of hydrogen-bond donors (Lipinski definition) is 1. The molecule has 1 aromatic rings. The lowest BCUT2D eigenvalue weighted by atomic mass is 9.76. The van der Waals surface area contributed by atoms with Crippen molar-refractivity contribution in [2.45, 2.75) is 19.3 Å². The van der Waals surface area contributed by atoms with Crippen LogP contribution in [-0.2, 0) is 27.2 Å². The zero-order valence-corrected chi connectivity index (χ0v) is 13.0. The van der Waals surface area contributed by atoms with Crippen LogP contribution in [0.4, 0.5) is 0 Å². The number of carboxylic acid groups (broad SMARTS) is 1. The number of benzene rings is 1. The van der Waals surface area contributed by atoms with Crippen molar-refractivity contribution in [1.29, 1.82) is 0 Å². The molecule has 2 saturated heterocycles. The Labute approximate surface area is 135 Å². The summed E-state index contributed by atoms with van der Waals surface area (Å²) >= 11 is 0. The molecule has 4 rings (SSSR count). The number of carbonyl (C=O) groups is 2. The lowest BCUT2D eigenvalue weighted by Crippen LogP contribution is -2.47. The largest absolute Gasteiger partial charge is 0.481 e. The van der Waals surface area contributed by atoms with Crippen molar-refractivity contribution >= 4 is 11.9 Å². The number of amides is 1. The summed E-state index contributed by atoms with van der Waals surface area (Å²) in [5, 5.41) is 9.69. The second-order valence-electron chi connectivity index (χ2n) is 7.09. The zero-order chi connectivity index (χ0) is 16.0. The third kappa shape index (κ3) is 2.26. The van der Waals surface area contributed by atoms with Gasteiger partial charge in [-0.25, -0.2) is 0 Å². The first-order valence-corrected chi connectivity index (χ1v) is 8.27. The van der Waals surface area contributed by atoms with Crippen LogP contribution in [-0.4, -0.2) is 48.2 Å². The highest BCUT2D eigenvalue weighted by atomic mass is 16.5. The van der Waals surface area contributed by atoms with E-state index >= 15 is 0 Å². The Morgan fingerprint density at radius 2 is 1.91 bits per heavy atom. The molecule has 2 atom stereocenters. The van der Waals surface area contributed by atoms with Crippen LogP contribution >= 0.6 is 0 Å². The van der Waals surface area contributed by atoms with E-state index in [0.717, 1.165) is 19.3 Å². The fraction of sp³-hybridized carbons (Fsp3) is 0.556. The van der Waals surface area contributed by atoms with Gasteiger partial charge in [0.25, 0.3) is 0 Å². The van der Waals surface area contributed by atoms with Gasteiger partial charge in [-0.15, -0.1) is 0 Å². The van der Waals surface area contributed by atoms with Crippen LogP contribution < -0.4 is 0 Å². The van der Waals surface area contributed by atoms with Crippen molar-refractivity contribution < 1.29 is 19.4 Å². The SMILES string of the molecule is O=C(C1Cc2ccccc2C1)N1C[C@@H]2CCOC[C@]2(C(=O)O)C1. The number of aliphatic carboxylic acids is 1. The zero-order valence-electron chi connectivity index (χ0n) is 13.0. The molecule has 0 aromatic heterocycles. The molecule has 0 saturated carbocycles. The highest BCUT2D eigenvalue weighted by Crippen LogP contribution is 2.42. The first kappa shape index (κ1) is 14.7. The Balaban J connectivity index is 1.52. The van der Waals surface area contributed by atoms with Gasteiger partial charge in [-0.2, -0.15) is 0 Å². The Kier molecular flexibility index (Phi) is 3.41. The number of hydrogen-bond acceptors (Lipinski definition) is 3. The molecule has 1 aromatic carbocycles. The van der Waals surface area contributed by atoms with Crippen LogP contribution in [0.1, 0.15) is 17.5 Å².